The third-order valence-corrected chi connectivity index (χ3v) is 3.87. The maximum absolute atomic E-state index is 11.9. The normalized spacial score (nSPS) is 34.2. The van der Waals surface area contributed by atoms with E-state index in [1.165, 1.54) is 0 Å². The summed E-state index contributed by atoms with van der Waals surface area (Å²) in [6, 6.07) is 0. The van der Waals surface area contributed by atoms with Crippen LogP contribution in [0.25, 0.3) is 0 Å². The number of hydrogen-bond donors (Lipinski definition) is 1. The minimum atomic E-state index is -0.907. The second kappa shape index (κ2) is 8.29. The highest BCUT2D eigenvalue weighted by Crippen LogP contribution is 2.27. The fourth-order valence-electron chi connectivity index (χ4n) is 2.31. The highest BCUT2D eigenvalue weighted by molar-refractivity contribution is 5.81. The molecule has 2 aliphatic heterocycles. The molecule has 1 aliphatic carbocycles. The van der Waals surface area contributed by atoms with Gasteiger partial charge in [-0.05, 0) is 32.6 Å². The van der Waals surface area contributed by atoms with Gasteiger partial charge in [0.05, 0.1) is 31.2 Å². The number of carbonyl (C=O) groups is 2. The topological polar surface area (TPSA) is 88.7 Å². The molecule has 0 spiro atoms. The molecule has 3 rings (SSSR count). The number of epoxide rings is 2. The Kier molecular flexibility index (Phi) is 6.39. The molecule has 0 radical (unpaired) electrons. The number of carboxylic acids is 1. The third-order valence-electron chi connectivity index (χ3n) is 3.87. The predicted octanol–water partition coefficient (Wildman–Crippen LogP) is 1.78. The standard InChI is InChI=1S/C13H18O5.C3H6O/c14-12(15)10-5-3-1-2-4-6-11(10)13(16)18-8-9-7-17-9;1-3-2-4-3/h1-2,9-11H,3-8H2,(H,14,15);3H,2H2,1H3/b2-1-;. The summed E-state index contributed by atoms with van der Waals surface area (Å²) in [6.45, 7) is 3.92. The van der Waals surface area contributed by atoms with Gasteiger partial charge in [-0.3, -0.25) is 9.59 Å². The van der Waals surface area contributed by atoms with Crippen LogP contribution in [0, 0.1) is 11.8 Å². The molecule has 0 saturated carbocycles. The molecule has 4 atom stereocenters. The Hall–Kier alpha value is -1.40. The van der Waals surface area contributed by atoms with E-state index in [4.69, 9.17) is 14.2 Å². The predicted molar refractivity (Wildman–Crippen MR) is 78.3 cm³/mol. The van der Waals surface area contributed by atoms with Crippen molar-refractivity contribution in [2.45, 2.75) is 44.8 Å². The van der Waals surface area contributed by atoms with Crippen molar-refractivity contribution in [3.05, 3.63) is 12.2 Å². The fourth-order valence-corrected chi connectivity index (χ4v) is 2.31. The Bertz CT molecular complexity index is 411. The average Bonchev–Trinajstić information content (AvgIpc) is 3.33. The number of aliphatic carboxylic acids is 1. The van der Waals surface area contributed by atoms with Crippen LogP contribution in [0.1, 0.15) is 32.6 Å². The molecule has 4 unspecified atom stereocenters. The molecule has 1 N–H and O–H groups in total. The van der Waals surface area contributed by atoms with Crippen LogP contribution in [0.4, 0.5) is 0 Å². The minimum absolute atomic E-state index is 0.0191. The molecule has 124 valence electrons. The van der Waals surface area contributed by atoms with E-state index in [-0.39, 0.29) is 12.7 Å². The summed E-state index contributed by atoms with van der Waals surface area (Å²) in [5.41, 5.74) is 0. The van der Waals surface area contributed by atoms with Crippen LogP contribution in [-0.2, 0) is 23.8 Å². The first-order valence-corrected chi connectivity index (χ1v) is 7.85. The first kappa shape index (κ1) is 17.0. The Morgan fingerprint density at radius 1 is 1.14 bits per heavy atom. The molecule has 3 aliphatic rings. The van der Waals surface area contributed by atoms with Crippen molar-refractivity contribution < 1.29 is 28.9 Å². The number of carboxylic acid groups (broad SMARTS) is 1. The van der Waals surface area contributed by atoms with E-state index in [2.05, 4.69) is 6.92 Å². The van der Waals surface area contributed by atoms with Gasteiger partial charge in [0, 0.05) is 0 Å². The average molecular weight is 312 g/mol. The van der Waals surface area contributed by atoms with Gasteiger partial charge < -0.3 is 19.3 Å². The number of hydrogen-bond acceptors (Lipinski definition) is 5. The quantitative estimate of drug-likeness (QED) is 0.483. The molecule has 2 fully saturated rings. The van der Waals surface area contributed by atoms with Gasteiger partial charge in [-0.1, -0.05) is 12.2 Å². The van der Waals surface area contributed by atoms with Gasteiger partial charge in [0.25, 0.3) is 0 Å². The van der Waals surface area contributed by atoms with E-state index in [1.54, 1.807) is 0 Å². The van der Waals surface area contributed by atoms with E-state index in [1.807, 2.05) is 12.2 Å². The molecule has 2 saturated heterocycles. The lowest BCUT2D eigenvalue weighted by Gasteiger charge is -2.23. The van der Waals surface area contributed by atoms with Crippen LogP contribution in [-0.4, -0.2) is 49.1 Å². The molecule has 6 nitrogen and oxygen atoms in total. The van der Waals surface area contributed by atoms with Crippen molar-refractivity contribution in [2.24, 2.45) is 11.8 Å². The lowest BCUT2D eigenvalue weighted by Crippen LogP contribution is -2.32. The zero-order valence-electron chi connectivity index (χ0n) is 12.9. The first-order valence-electron chi connectivity index (χ1n) is 7.85. The van der Waals surface area contributed by atoms with Crippen molar-refractivity contribution in [2.75, 3.05) is 19.8 Å². The van der Waals surface area contributed by atoms with Crippen molar-refractivity contribution >= 4 is 11.9 Å². The molecule has 0 aromatic heterocycles. The molecule has 0 bridgehead atoms. The largest absolute Gasteiger partial charge is 0.481 e. The molecule has 0 aromatic rings. The fraction of sp³-hybridized carbons (Fsp3) is 0.750. The molecule has 2 heterocycles. The maximum atomic E-state index is 11.9. The van der Waals surface area contributed by atoms with E-state index in [0.717, 1.165) is 13.0 Å². The highest BCUT2D eigenvalue weighted by Gasteiger charge is 2.35. The molecule has 0 amide bonds. The van der Waals surface area contributed by atoms with Crippen LogP contribution in [0.3, 0.4) is 0 Å². The van der Waals surface area contributed by atoms with E-state index in [9.17, 15) is 14.7 Å². The Morgan fingerprint density at radius 2 is 1.68 bits per heavy atom. The number of carbonyl (C=O) groups excluding carboxylic acids is 1. The summed E-state index contributed by atoms with van der Waals surface area (Å²) < 4.78 is 14.8. The third kappa shape index (κ3) is 6.15. The monoisotopic (exact) mass is 312 g/mol. The van der Waals surface area contributed by atoms with Gasteiger partial charge in [-0.2, -0.15) is 0 Å². The SMILES string of the molecule is CC1CO1.O=C(O)C1CC/C=C\CCC1C(=O)OCC1CO1. The maximum Gasteiger partial charge on any atom is 0.309 e. The summed E-state index contributed by atoms with van der Waals surface area (Å²) in [5, 5.41) is 9.21. The summed E-state index contributed by atoms with van der Waals surface area (Å²) in [5.74, 6) is -2.48. The Balaban J connectivity index is 0.000000381. The number of ether oxygens (including phenoxy) is 3. The summed E-state index contributed by atoms with van der Waals surface area (Å²) in [6.07, 6.45) is 7.04. The van der Waals surface area contributed by atoms with Gasteiger partial charge in [-0.25, -0.2) is 0 Å². The van der Waals surface area contributed by atoms with Crippen LogP contribution in [0.2, 0.25) is 0 Å². The highest BCUT2D eigenvalue weighted by atomic mass is 16.6. The smallest absolute Gasteiger partial charge is 0.309 e. The second-order valence-electron chi connectivity index (χ2n) is 5.91. The molecule has 0 aromatic carbocycles. The summed E-state index contributed by atoms with van der Waals surface area (Å²) in [7, 11) is 0. The van der Waals surface area contributed by atoms with Crippen LogP contribution >= 0.6 is 0 Å². The van der Waals surface area contributed by atoms with Crippen molar-refractivity contribution in [3.63, 3.8) is 0 Å². The Labute approximate surface area is 130 Å². The van der Waals surface area contributed by atoms with Gasteiger partial charge in [-0.15, -0.1) is 0 Å². The van der Waals surface area contributed by atoms with Crippen LogP contribution in [0.5, 0.6) is 0 Å². The molecule has 22 heavy (non-hydrogen) atoms. The lowest BCUT2D eigenvalue weighted by molar-refractivity contribution is -0.158. The van der Waals surface area contributed by atoms with Crippen LogP contribution < -0.4 is 0 Å². The number of rotatable bonds is 4. The molecular formula is C16H24O6. The first-order chi connectivity index (χ1) is 10.6. The van der Waals surface area contributed by atoms with Gasteiger partial charge in [0.15, 0.2) is 0 Å². The van der Waals surface area contributed by atoms with Crippen molar-refractivity contribution in [1.29, 1.82) is 0 Å². The van der Waals surface area contributed by atoms with Crippen molar-refractivity contribution in [1.82, 2.24) is 0 Å². The summed E-state index contributed by atoms with van der Waals surface area (Å²) >= 11 is 0. The van der Waals surface area contributed by atoms with Crippen LogP contribution in [0.15, 0.2) is 12.2 Å². The van der Waals surface area contributed by atoms with E-state index < -0.39 is 23.8 Å². The number of esters is 1. The molecule has 6 heteroatoms. The van der Waals surface area contributed by atoms with E-state index >= 15 is 0 Å². The number of allylic oxidation sites excluding steroid dienone is 2. The second-order valence-corrected chi connectivity index (χ2v) is 5.91. The van der Waals surface area contributed by atoms with Gasteiger partial charge in [0.1, 0.15) is 12.7 Å². The zero-order chi connectivity index (χ0) is 15.9. The van der Waals surface area contributed by atoms with Gasteiger partial charge in [0.2, 0.25) is 0 Å². The van der Waals surface area contributed by atoms with E-state index in [0.29, 0.717) is 32.0 Å². The van der Waals surface area contributed by atoms with Crippen molar-refractivity contribution in [3.8, 4) is 0 Å². The lowest BCUT2D eigenvalue weighted by atomic mass is 9.83. The molecular weight excluding hydrogens is 288 g/mol. The zero-order valence-corrected chi connectivity index (χ0v) is 12.9. The van der Waals surface area contributed by atoms with Gasteiger partial charge >= 0.3 is 11.9 Å². The minimum Gasteiger partial charge on any atom is -0.481 e. The summed E-state index contributed by atoms with van der Waals surface area (Å²) in [4.78, 5) is 23.2. The Morgan fingerprint density at radius 3 is 2.14 bits per heavy atom.